The highest BCUT2D eigenvalue weighted by Crippen LogP contribution is 2.42. The van der Waals surface area contributed by atoms with Crippen molar-refractivity contribution in [3.8, 4) is 16.9 Å². The molecular formula is C27H26F3N3O2. The Hall–Kier alpha value is -3.55. The first-order chi connectivity index (χ1) is 16.8. The number of aliphatic carboxylic acids is 1. The lowest BCUT2D eigenvalue weighted by Crippen LogP contribution is -2.14. The Morgan fingerprint density at radius 2 is 1.89 bits per heavy atom. The van der Waals surface area contributed by atoms with Crippen LogP contribution < -0.4 is 0 Å². The minimum Gasteiger partial charge on any atom is -0.481 e. The van der Waals surface area contributed by atoms with Crippen molar-refractivity contribution >= 4 is 16.9 Å². The summed E-state index contributed by atoms with van der Waals surface area (Å²) in [6.07, 6.45) is 5.39. The van der Waals surface area contributed by atoms with Gasteiger partial charge in [-0.25, -0.2) is 4.98 Å². The number of benzene rings is 2. The summed E-state index contributed by atoms with van der Waals surface area (Å²) in [6, 6.07) is 12.2. The number of rotatable bonds is 6. The average molecular weight is 482 g/mol. The van der Waals surface area contributed by atoms with Crippen molar-refractivity contribution < 1.29 is 23.1 Å². The molecule has 182 valence electrons. The lowest BCUT2D eigenvalue weighted by Gasteiger charge is -2.25. The second-order valence-corrected chi connectivity index (χ2v) is 9.16. The van der Waals surface area contributed by atoms with Crippen molar-refractivity contribution in [2.24, 2.45) is 0 Å². The van der Waals surface area contributed by atoms with Crippen LogP contribution in [-0.4, -0.2) is 25.2 Å². The molecule has 1 N–H and O–H groups in total. The van der Waals surface area contributed by atoms with Crippen LogP contribution in [0.25, 0.3) is 27.8 Å². The summed E-state index contributed by atoms with van der Waals surface area (Å²) in [5.74, 6) is -0.912. The number of halogens is 3. The SMILES string of the molecule is O=C(O)CCn1ccc2c(-n3cnc(-c4ccc(C5CCCCC5)c(C(F)(F)F)c4)c3)cccc21. The molecule has 1 fully saturated rings. The number of carboxylic acids is 1. The van der Waals surface area contributed by atoms with Gasteiger partial charge in [-0.1, -0.05) is 37.5 Å². The van der Waals surface area contributed by atoms with Gasteiger partial charge in [0.2, 0.25) is 0 Å². The van der Waals surface area contributed by atoms with Gasteiger partial charge in [0, 0.05) is 29.9 Å². The lowest BCUT2D eigenvalue weighted by molar-refractivity contribution is -0.138. The number of imidazole rings is 1. The molecule has 0 amide bonds. The zero-order valence-electron chi connectivity index (χ0n) is 19.1. The number of carbonyl (C=O) groups is 1. The summed E-state index contributed by atoms with van der Waals surface area (Å²) >= 11 is 0. The summed E-state index contributed by atoms with van der Waals surface area (Å²) in [6.45, 7) is 0.352. The summed E-state index contributed by atoms with van der Waals surface area (Å²) in [5.41, 5.74) is 2.44. The zero-order valence-corrected chi connectivity index (χ0v) is 19.1. The maximum absolute atomic E-state index is 14.0. The smallest absolute Gasteiger partial charge is 0.416 e. The number of fused-ring (bicyclic) bond motifs is 1. The third-order valence-corrected chi connectivity index (χ3v) is 6.92. The Morgan fingerprint density at radius 1 is 1.09 bits per heavy atom. The van der Waals surface area contributed by atoms with Gasteiger partial charge in [-0.2, -0.15) is 13.2 Å². The molecule has 5 nitrogen and oxygen atoms in total. The number of nitrogens with zero attached hydrogens (tertiary/aromatic N) is 3. The first kappa shape index (κ1) is 23.2. The predicted molar refractivity (Wildman–Crippen MR) is 128 cm³/mol. The molecule has 0 bridgehead atoms. The Balaban J connectivity index is 1.49. The van der Waals surface area contributed by atoms with Gasteiger partial charge in [0.15, 0.2) is 0 Å². The van der Waals surface area contributed by atoms with Crippen LogP contribution >= 0.6 is 0 Å². The first-order valence-electron chi connectivity index (χ1n) is 11.9. The van der Waals surface area contributed by atoms with E-state index >= 15 is 0 Å². The van der Waals surface area contributed by atoms with E-state index in [4.69, 9.17) is 5.11 Å². The summed E-state index contributed by atoms with van der Waals surface area (Å²) in [4.78, 5) is 15.4. The summed E-state index contributed by atoms with van der Waals surface area (Å²) < 4.78 is 45.7. The van der Waals surface area contributed by atoms with Gasteiger partial charge in [0.05, 0.1) is 35.2 Å². The third kappa shape index (κ3) is 4.70. The molecule has 2 heterocycles. The molecule has 0 atom stereocenters. The number of alkyl halides is 3. The number of hydrogen-bond acceptors (Lipinski definition) is 2. The van der Waals surface area contributed by atoms with Gasteiger partial charge in [-0.3, -0.25) is 4.79 Å². The molecule has 0 radical (unpaired) electrons. The molecule has 2 aromatic heterocycles. The number of aromatic nitrogens is 3. The molecule has 35 heavy (non-hydrogen) atoms. The van der Waals surface area contributed by atoms with E-state index in [0.717, 1.165) is 48.7 Å². The molecule has 4 aromatic rings. The molecule has 0 aliphatic heterocycles. The quantitative estimate of drug-likeness (QED) is 0.321. The number of carboxylic acid groups (broad SMARTS) is 1. The van der Waals surface area contributed by atoms with Crippen molar-refractivity contribution in [3.05, 3.63) is 72.3 Å². The zero-order chi connectivity index (χ0) is 24.6. The molecule has 1 aliphatic rings. The topological polar surface area (TPSA) is 60.0 Å². The largest absolute Gasteiger partial charge is 0.481 e. The highest BCUT2D eigenvalue weighted by atomic mass is 19.4. The Bertz CT molecular complexity index is 1360. The van der Waals surface area contributed by atoms with Crippen LogP contribution in [0.15, 0.2) is 61.2 Å². The summed E-state index contributed by atoms with van der Waals surface area (Å²) in [7, 11) is 0. The van der Waals surface area contributed by atoms with Crippen molar-refractivity contribution in [3.63, 3.8) is 0 Å². The first-order valence-corrected chi connectivity index (χ1v) is 11.9. The van der Waals surface area contributed by atoms with Crippen LogP contribution in [0.5, 0.6) is 0 Å². The van der Waals surface area contributed by atoms with Crippen LogP contribution in [0.2, 0.25) is 0 Å². The molecule has 1 saturated carbocycles. The van der Waals surface area contributed by atoms with Gasteiger partial charge in [-0.15, -0.1) is 0 Å². The molecule has 0 unspecified atom stereocenters. The van der Waals surface area contributed by atoms with Crippen molar-refractivity contribution in [2.75, 3.05) is 0 Å². The maximum Gasteiger partial charge on any atom is 0.416 e. The average Bonchev–Trinajstić information content (AvgIpc) is 3.50. The van der Waals surface area contributed by atoms with E-state index < -0.39 is 17.7 Å². The van der Waals surface area contributed by atoms with Gasteiger partial charge < -0.3 is 14.2 Å². The molecule has 1 aliphatic carbocycles. The molecule has 0 saturated heterocycles. The Morgan fingerprint density at radius 3 is 2.63 bits per heavy atom. The second-order valence-electron chi connectivity index (χ2n) is 9.16. The fourth-order valence-electron chi connectivity index (χ4n) is 5.18. The van der Waals surface area contributed by atoms with Crippen molar-refractivity contribution in [1.82, 2.24) is 14.1 Å². The molecular weight excluding hydrogens is 455 g/mol. The highest BCUT2D eigenvalue weighted by molar-refractivity contribution is 5.88. The maximum atomic E-state index is 14.0. The van der Waals surface area contributed by atoms with E-state index in [9.17, 15) is 18.0 Å². The monoisotopic (exact) mass is 481 g/mol. The fourth-order valence-corrected chi connectivity index (χ4v) is 5.18. The van der Waals surface area contributed by atoms with E-state index in [-0.39, 0.29) is 12.3 Å². The number of hydrogen-bond donors (Lipinski definition) is 1. The van der Waals surface area contributed by atoms with Gasteiger partial charge in [0.1, 0.15) is 0 Å². The highest BCUT2D eigenvalue weighted by Gasteiger charge is 2.36. The van der Waals surface area contributed by atoms with E-state index in [2.05, 4.69) is 4.98 Å². The van der Waals surface area contributed by atoms with E-state index in [1.54, 1.807) is 29.2 Å². The lowest BCUT2D eigenvalue weighted by atomic mass is 9.81. The normalized spacial score (nSPS) is 15.1. The van der Waals surface area contributed by atoms with E-state index in [1.807, 2.05) is 35.0 Å². The molecule has 0 spiro atoms. The third-order valence-electron chi connectivity index (χ3n) is 6.92. The van der Waals surface area contributed by atoms with Crippen molar-refractivity contribution in [2.45, 2.75) is 57.2 Å². The van der Waals surface area contributed by atoms with Gasteiger partial charge in [0.25, 0.3) is 0 Å². The van der Waals surface area contributed by atoms with Crippen LogP contribution in [0.1, 0.15) is 55.6 Å². The second kappa shape index (κ2) is 9.24. The summed E-state index contributed by atoms with van der Waals surface area (Å²) in [5, 5.41) is 9.90. The Labute approximate surface area is 200 Å². The van der Waals surface area contributed by atoms with Crippen LogP contribution in [0, 0.1) is 0 Å². The van der Waals surface area contributed by atoms with E-state index in [0.29, 0.717) is 23.4 Å². The van der Waals surface area contributed by atoms with Gasteiger partial charge >= 0.3 is 12.1 Å². The minimum atomic E-state index is -4.42. The molecule has 2 aromatic carbocycles. The number of aryl methyl sites for hydroxylation is 1. The van der Waals surface area contributed by atoms with Crippen LogP contribution in [0.3, 0.4) is 0 Å². The minimum absolute atomic E-state index is 0.0155. The van der Waals surface area contributed by atoms with Crippen LogP contribution in [-0.2, 0) is 17.5 Å². The fraction of sp³-hybridized carbons (Fsp3) is 0.333. The molecule has 5 rings (SSSR count). The van der Waals surface area contributed by atoms with Crippen molar-refractivity contribution in [1.29, 1.82) is 0 Å². The van der Waals surface area contributed by atoms with E-state index in [1.165, 1.54) is 6.07 Å². The standard InChI is InChI=1S/C27H26F3N3O2/c28-27(29,30)22-15-19(9-10-20(22)18-5-2-1-3-6-18)23-16-33(17-31-23)25-8-4-7-24-21(25)11-13-32(24)14-12-26(34)35/h4,7-11,13,15-18H,1-3,5-6,12,14H2,(H,34,35). The van der Waals surface area contributed by atoms with Crippen LogP contribution in [0.4, 0.5) is 13.2 Å². The van der Waals surface area contributed by atoms with Gasteiger partial charge in [-0.05, 0) is 48.6 Å². The Kier molecular flexibility index (Phi) is 6.13. The molecule has 8 heteroatoms. The predicted octanol–water partition coefficient (Wildman–Crippen LogP) is 7.04.